The number of hydrogen-bond donors (Lipinski definition) is 4. The van der Waals surface area contributed by atoms with Gasteiger partial charge in [0.1, 0.15) is 54.1 Å². The zero-order valence-corrected chi connectivity index (χ0v) is 23.8. The second kappa shape index (κ2) is 12.3. The monoisotopic (exact) mass is 600 g/mol. The van der Waals surface area contributed by atoms with Gasteiger partial charge in [-0.1, -0.05) is 24.6 Å². The first-order valence-electron chi connectivity index (χ1n) is 13.7. The van der Waals surface area contributed by atoms with Crippen LogP contribution >= 0.6 is 7.75 Å². The number of fused-ring (bicyclic) bond motifs is 1. The number of para-hydroxylation sites is 1. The molecule has 5 rings (SSSR count). The summed E-state index contributed by atoms with van der Waals surface area (Å²) in [6.45, 7) is 0.899. The standard InChI is InChI=1S/C27H33N6O8P/c1-17(26(36)39-18-8-4-2-5-9-18)32-42(37,41-19-10-6-3-7-11-19)38-14-21-23(34)24(35)27(15-28,40-21)22-13-12-20-25(29)30-16-31-33(20)22/h3,6-7,10-13,16-18,21,23-24,34-35H,2,4-5,8-9,14H2,1H3,(H,32,37)(H2,29,30,31)/t17-,21+,23+,24+,27-,42?/m0/s1. The predicted octanol–water partition coefficient (Wildman–Crippen LogP) is 2.21. The number of anilines is 1. The molecule has 1 aliphatic carbocycles. The van der Waals surface area contributed by atoms with Crippen LogP contribution in [0.5, 0.6) is 5.75 Å². The fraction of sp³-hybridized carbons (Fsp3) is 0.481. The maximum absolute atomic E-state index is 13.9. The van der Waals surface area contributed by atoms with E-state index in [0.29, 0.717) is 5.52 Å². The summed E-state index contributed by atoms with van der Waals surface area (Å²) in [6, 6.07) is 12.1. The molecule has 1 saturated heterocycles. The van der Waals surface area contributed by atoms with E-state index in [1.807, 2.05) is 6.07 Å². The predicted molar refractivity (Wildman–Crippen MR) is 148 cm³/mol. The minimum absolute atomic E-state index is 0.101. The molecule has 0 radical (unpaired) electrons. The first-order chi connectivity index (χ1) is 20.2. The molecule has 0 amide bonds. The molecule has 5 N–H and O–H groups in total. The van der Waals surface area contributed by atoms with Crippen LogP contribution < -0.4 is 15.3 Å². The van der Waals surface area contributed by atoms with Crippen LogP contribution in [-0.4, -0.2) is 67.8 Å². The lowest BCUT2D eigenvalue weighted by atomic mass is 9.92. The molecular formula is C27H33N6O8P. The number of aromatic nitrogens is 3. The molecule has 2 aromatic heterocycles. The molecule has 0 bridgehead atoms. The maximum atomic E-state index is 13.9. The van der Waals surface area contributed by atoms with Crippen molar-refractivity contribution in [2.24, 2.45) is 0 Å². The molecule has 15 heteroatoms. The summed E-state index contributed by atoms with van der Waals surface area (Å²) in [5.41, 5.74) is 4.30. The molecule has 1 unspecified atom stereocenters. The molecule has 42 heavy (non-hydrogen) atoms. The van der Waals surface area contributed by atoms with Crippen molar-refractivity contribution < 1.29 is 38.1 Å². The first-order valence-corrected chi connectivity index (χ1v) is 15.2. The van der Waals surface area contributed by atoms with Gasteiger partial charge in [-0.05, 0) is 56.9 Å². The number of nitrogen functional groups attached to an aromatic ring is 1. The highest BCUT2D eigenvalue weighted by Gasteiger charge is 2.58. The quantitative estimate of drug-likeness (QED) is 0.195. The molecule has 224 valence electrons. The van der Waals surface area contributed by atoms with E-state index in [0.717, 1.165) is 32.1 Å². The van der Waals surface area contributed by atoms with Crippen molar-refractivity contribution in [3.05, 3.63) is 54.5 Å². The number of benzene rings is 1. The number of nitrogens with two attached hydrogens (primary N) is 1. The molecule has 2 fully saturated rings. The Hall–Kier alpha value is -3.57. The maximum Gasteiger partial charge on any atom is 0.459 e. The van der Waals surface area contributed by atoms with Gasteiger partial charge >= 0.3 is 13.7 Å². The smallest absolute Gasteiger partial charge is 0.459 e. The number of nitriles is 1. The van der Waals surface area contributed by atoms with Crippen molar-refractivity contribution in [2.45, 2.75) is 75.1 Å². The van der Waals surface area contributed by atoms with Crippen LogP contribution in [0.25, 0.3) is 5.52 Å². The second-order valence-corrected chi connectivity index (χ2v) is 12.0. The van der Waals surface area contributed by atoms with E-state index in [-0.39, 0.29) is 23.4 Å². The number of aliphatic hydroxyl groups excluding tert-OH is 2. The molecule has 6 atom stereocenters. The Morgan fingerprint density at radius 3 is 2.71 bits per heavy atom. The number of nitrogens with one attached hydrogen (secondary N) is 1. The van der Waals surface area contributed by atoms with Gasteiger partial charge < -0.3 is 29.9 Å². The summed E-state index contributed by atoms with van der Waals surface area (Å²) in [5, 5.41) is 38.7. The summed E-state index contributed by atoms with van der Waals surface area (Å²) < 4.78 is 38.1. The highest BCUT2D eigenvalue weighted by molar-refractivity contribution is 7.52. The van der Waals surface area contributed by atoms with Gasteiger partial charge in [0.05, 0.1) is 12.3 Å². The van der Waals surface area contributed by atoms with E-state index < -0.39 is 50.3 Å². The number of hydrogen-bond acceptors (Lipinski definition) is 12. The average molecular weight is 601 g/mol. The Morgan fingerprint density at radius 1 is 1.26 bits per heavy atom. The lowest BCUT2D eigenvalue weighted by Crippen LogP contribution is -2.41. The summed E-state index contributed by atoms with van der Waals surface area (Å²) in [4.78, 5) is 16.7. The Kier molecular flexibility index (Phi) is 8.79. The molecule has 1 aromatic carbocycles. The van der Waals surface area contributed by atoms with Crippen LogP contribution in [0.2, 0.25) is 0 Å². The molecule has 2 aliphatic rings. The van der Waals surface area contributed by atoms with Crippen LogP contribution in [-0.2, 0) is 29.0 Å². The van der Waals surface area contributed by atoms with Gasteiger partial charge in [-0.3, -0.25) is 9.32 Å². The number of carbonyl (C=O) groups is 1. The highest BCUT2D eigenvalue weighted by atomic mass is 31.2. The lowest BCUT2D eigenvalue weighted by Gasteiger charge is -2.27. The number of nitrogens with zero attached hydrogens (tertiary/aromatic N) is 4. The number of esters is 1. The molecule has 1 aliphatic heterocycles. The van der Waals surface area contributed by atoms with Crippen LogP contribution in [0.15, 0.2) is 48.8 Å². The molecule has 14 nitrogen and oxygen atoms in total. The summed E-state index contributed by atoms with van der Waals surface area (Å²) in [5.74, 6) is -0.282. The molecule has 3 heterocycles. The van der Waals surface area contributed by atoms with Gasteiger partial charge in [-0.25, -0.2) is 14.1 Å². The van der Waals surface area contributed by atoms with Crippen molar-refractivity contribution in [1.29, 1.82) is 5.26 Å². The first kappa shape index (κ1) is 29.9. The third-order valence-corrected chi connectivity index (χ3v) is 9.05. The Morgan fingerprint density at radius 2 is 2.00 bits per heavy atom. The fourth-order valence-electron chi connectivity index (χ4n) is 5.17. The van der Waals surface area contributed by atoms with Crippen LogP contribution in [0.4, 0.5) is 5.82 Å². The number of rotatable bonds is 10. The van der Waals surface area contributed by atoms with Gasteiger partial charge in [0.2, 0.25) is 5.60 Å². The van der Waals surface area contributed by atoms with Crippen molar-refractivity contribution >= 4 is 25.1 Å². The Balaban J connectivity index is 1.34. The lowest BCUT2D eigenvalue weighted by molar-refractivity contribution is -0.152. The van der Waals surface area contributed by atoms with Crippen LogP contribution in [0.3, 0.4) is 0 Å². The van der Waals surface area contributed by atoms with E-state index in [1.165, 1.54) is 23.8 Å². The van der Waals surface area contributed by atoms with Crippen LogP contribution in [0.1, 0.15) is 44.7 Å². The summed E-state index contributed by atoms with van der Waals surface area (Å²) >= 11 is 0. The summed E-state index contributed by atoms with van der Waals surface area (Å²) in [7, 11) is -4.31. The highest BCUT2D eigenvalue weighted by Crippen LogP contribution is 2.47. The normalized spacial score (nSPS) is 26.8. The third kappa shape index (κ3) is 5.98. The topological polar surface area (TPSA) is 204 Å². The van der Waals surface area contributed by atoms with Gasteiger partial charge in [0, 0.05) is 0 Å². The van der Waals surface area contributed by atoms with Crippen molar-refractivity contribution in [3.8, 4) is 11.8 Å². The number of aliphatic hydroxyl groups is 2. The van der Waals surface area contributed by atoms with Gasteiger partial charge in [-0.15, -0.1) is 0 Å². The Bertz CT molecular complexity index is 1490. The van der Waals surface area contributed by atoms with E-state index in [1.54, 1.807) is 36.4 Å². The van der Waals surface area contributed by atoms with Crippen molar-refractivity contribution in [1.82, 2.24) is 19.7 Å². The van der Waals surface area contributed by atoms with Crippen molar-refractivity contribution in [3.63, 3.8) is 0 Å². The number of ether oxygens (including phenoxy) is 2. The zero-order valence-electron chi connectivity index (χ0n) is 22.9. The van der Waals surface area contributed by atoms with Gasteiger partial charge in [-0.2, -0.15) is 15.4 Å². The Labute approximate surface area is 241 Å². The molecular weight excluding hydrogens is 567 g/mol. The van der Waals surface area contributed by atoms with Crippen LogP contribution in [0, 0.1) is 11.3 Å². The fourth-order valence-corrected chi connectivity index (χ4v) is 6.67. The average Bonchev–Trinajstić information content (AvgIpc) is 3.53. The number of carbonyl (C=O) groups excluding carboxylic acids is 1. The van der Waals surface area contributed by atoms with E-state index in [2.05, 4.69) is 15.2 Å². The van der Waals surface area contributed by atoms with Gasteiger partial charge in [0.15, 0.2) is 5.82 Å². The SMILES string of the molecule is C[C@H](NP(=O)(OC[C@H]1O[C@@](C#N)(c2ccc3c(N)ncnn23)[C@H](O)[C@@H]1O)Oc1ccccc1)C(=O)OC1CCCCC1. The molecule has 3 aromatic rings. The second-order valence-electron chi connectivity index (χ2n) is 10.3. The minimum atomic E-state index is -4.31. The van der Waals surface area contributed by atoms with Gasteiger partial charge in [0.25, 0.3) is 0 Å². The van der Waals surface area contributed by atoms with Crippen molar-refractivity contribution in [2.75, 3.05) is 12.3 Å². The largest absolute Gasteiger partial charge is 0.461 e. The molecule has 1 saturated carbocycles. The molecule has 0 spiro atoms. The van der Waals surface area contributed by atoms with E-state index in [4.69, 9.17) is 24.3 Å². The minimum Gasteiger partial charge on any atom is -0.461 e. The summed E-state index contributed by atoms with van der Waals surface area (Å²) in [6.07, 6.45) is 0.835. The van der Waals surface area contributed by atoms with E-state index >= 15 is 0 Å². The van der Waals surface area contributed by atoms with E-state index in [9.17, 15) is 24.8 Å². The zero-order chi connectivity index (χ0) is 29.9. The third-order valence-electron chi connectivity index (χ3n) is 7.40.